The molecule has 1 aliphatic rings. The largest absolute Gasteiger partial charge is 0.264 e. The number of rotatable bonds is 11. The molecule has 0 saturated carbocycles. The highest BCUT2D eigenvalue weighted by atomic mass is 32.2. The van der Waals surface area contributed by atoms with Crippen molar-refractivity contribution in [3.05, 3.63) is 41.5 Å². The van der Waals surface area contributed by atoms with Crippen molar-refractivity contribution in [2.24, 2.45) is 11.8 Å². The fourth-order valence-corrected chi connectivity index (χ4v) is 4.80. The summed E-state index contributed by atoms with van der Waals surface area (Å²) in [6.07, 6.45) is 7.00. The van der Waals surface area contributed by atoms with E-state index in [0.29, 0.717) is 17.1 Å². The molecule has 5 heteroatoms. The van der Waals surface area contributed by atoms with Crippen LogP contribution in [0.2, 0.25) is 0 Å². The molecule has 0 aliphatic heterocycles. The smallest absolute Gasteiger partial charge is 0.0941 e. The molecular formula is C23H38N2OS2. The van der Waals surface area contributed by atoms with E-state index in [9.17, 15) is 4.21 Å². The van der Waals surface area contributed by atoms with E-state index >= 15 is 0 Å². The summed E-state index contributed by atoms with van der Waals surface area (Å²) in [6, 6.07) is 9.12. The first-order valence-electron chi connectivity index (χ1n) is 10.7. The molecular weight excluding hydrogens is 384 g/mol. The monoisotopic (exact) mass is 422 g/mol. The van der Waals surface area contributed by atoms with Crippen molar-refractivity contribution in [3.63, 3.8) is 0 Å². The van der Waals surface area contributed by atoms with Gasteiger partial charge in [0.05, 0.1) is 11.0 Å². The standard InChI is InChI=1S/C23H38N2OS2/c1-17(2)27-24-15-14-20-6-8-22(9-7-20)23-12-10-21(11-13-23)19(5)16-25-28(26)18(3)4/h6-9,12,17-19,21,24-25H,10-11,13-16H2,1-5H3. The molecule has 158 valence electrons. The molecule has 0 saturated heterocycles. The quantitative estimate of drug-likeness (QED) is 0.373. The second kappa shape index (κ2) is 12.2. The van der Waals surface area contributed by atoms with Gasteiger partial charge in [0.25, 0.3) is 0 Å². The third-order valence-corrected chi connectivity index (χ3v) is 7.54. The van der Waals surface area contributed by atoms with Crippen molar-refractivity contribution < 1.29 is 4.21 Å². The van der Waals surface area contributed by atoms with Gasteiger partial charge in [0, 0.05) is 23.6 Å². The van der Waals surface area contributed by atoms with Crippen LogP contribution in [0.5, 0.6) is 0 Å². The summed E-state index contributed by atoms with van der Waals surface area (Å²) in [6.45, 7) is 12.5. The Morgan fingerprint density at radius 2 is 1.86 bits per heavy atom. The van der Waals surface area contributed by atoms with Crippen molar-refractivity contribution in [2.45, 2.75) is 70.8 Å². The average molecular weight is 423 g/mol. The number of nitrogens with one attached hydrogen (secondary N) is 2. The van der Waals surface area contributed by atoms with E-state index in [1.165, 1.54) is 23.1 Å². The van der Waals surface area contributed by atoms with Gasteiger partial charge < -0.3 is 0 Å². The molecule has 1 aromatic rings. The molecule has 0 aromatic heterocycles. The van der Waals surface area contributed by atoms with Crippen molar-refractivity contribution in [1.82, 2.24) is 9.44 Å². The van der Waals surface area contributed by atoms with Gasteiger partial charge in [-0.15, -0.1) is 0 Å². The number of hydrogen-bond donors (Lipinski definition) is 2. The minimum atomic E-state index is -0.913. The molecule has 0 spiro atoms. The molecule has 0 fully saturated rings. The van der Waals surface area contributed by atoms with Crippen LogP contribution in [-0.2, 0) is 17.4 Å². The molecule has 28 heavy (non-hydrogen) atoms. The van der Waals surface area contributed by atoms with E-state index in [0.717, 1.165) is 32.4 Å². The van der Waals surface area contributed by atoms with Gasteiger partial charge in [0.2, 0.25) is 0 Å². The van der Waals surface area contributed by atoms with Gasteiger partial charge >= 0.3 is 0 Å². The minimum Gasteiger partial charge on any atom is -0.264 e. The lowest BCUT2D eigenvalue weighted by atomic mass is 9.80. The van der Waals surface area contributed by atoms with Gasteiger partial charge in [-0.1, -0.05) is 63.1 Å². The predicted octanol–water partition coefficient (Wildman–Crippen LogP) is 5.36. The van der Waals surface area contributed by atoms with Crippen molar-refractivity contribution >= 4 is 28.5 Å². The second-order valence-electron chi connectivity index (χ2n) is 8.44. The summed E-state index contributed by atoms with van der Waals surface area (Å²) >= 11 is 1.80. The Bertz CT molecular complexity index is 641. The first-order chi connectivity index (χ1) is 13.4. The van der Waals surface area contributed by atoms with E-state index in [1.54, 1.807) is 11.9 Å². The van der Waals surface area contributed by atoms with Gasteiger partial charge in [-0.3, -0.25) is 4.72 Å². The van der Waals surface area contributed by atoms with E-state index in [4.69, 9.17) is 0 Å². The maximum absolute atomic E-state index is 11.9. The highest BCUT2D eigenvalue weighted by molar-refractivity contribution is 7.97. The second-order valence-corrected chi connectivity index (χ2v) is 11.7. The first-order valence-corrected chi connectivity index (χ1v) is 12.8. The van der Waals surface area contributed by atoms with Crippen LogP contribution in [0.1, 0.15) is 65.0 Å². The van der Waals surface area contributed by atoms with Crippen LogP contribution >= 0.6 is 11.9 Å². The third kappa shape index (κ3) is 8.02. The van der Waals surface area contributed by atoms with Gasteiger partial charge in [-0.25, -0.2) is 8.93 Å². The summed E-state index contributed by atoms with van der Waals surface area (Å²) in [5.74, 6) is 1.24. The van der Waals surface area contributed by atoms with Crippen LogP contribution in [0.3, 0.4) is 0 Å². The van der Waals surface area contributed by atoms with Crippen molar-refractivity contribution in [3.8, 4) is 0 Å². The van der Waals surface area contributed by atoms with Crippen LogP contribution in [0.15, 0.2) is 30.3 Å². The molecule has 0 heterocycles. The highest BCUT2D eigenvalue weighted by Crippen LogP contribution is 2.34. The summed E-state index contributed by atoms with van der Waals surface area (Å²) in [4.78, 5) is 0. The minimum absolute atomic E-state index is 0.178. The molecule has 3 unspecified atom stereocenters. The molecule has 2 rings (SSSR count). The number of benzene rings is 1. The molecule has 0 radical (unpaired) electrons. The van der Waals surface area contributed by atoms with Gasteiger partial charge in [0.1, 0.15) is 0 Å². The fraction of sp³-hybridized carbons (Fsp3) is 0.652. The van der Waals surface area contributed by atoms with Gasteiger partial charge in [0.15, 0.2) is 0 Å². The fourth-order valence-electron chi connectivity index (χ4n) is 3.49. The van der Waals surface area contributed by atoms with Crippen molar-refractivity contribution in [2.75, 3.05) is 13.1 Å². The lowest BCUT2D eigenvalue weighted by Crippen LogP contribution is -2.31. The van der Waals surface area contributed by atoms with Crippen LogP contribution in [-0.4, -0.2) is 27.8 Å². The predicted molar refractivity (Wildman–Crippen MR) is 127 cm³/mol. The zero-order valence-electron chi connectivity index (χ0n) is 18.2. The summed E-state index contributed by atoms with van der Waals surface area (Å²) < 4.78 is 18.5. The lowest BCUT2D eigenvalue weighted by molar-refractivity contribution is 0.335. The van der Waals surface area contributed by atoms with E-state index in [2.05, 4.69) is 60.6 Å². The Morgan fingerprint density at radius 3 is 2.43 bits per heavy atom. The summed E-state index contributed by atoms with van der Waals surface area (Å²) in [7, 11) is -0.913. The van der Waals surface area contributed by atoms with Gasteiger partial charge in [-0.05, 0) is 68.1 Å². The Morgan fingerprint density at radius 1 is 1.14 bits per heavy atom. The average Bonchev–Trinajstić information content (AvgIpc) is 2.69. The summed E-state index contributed by atoms with van der Waals surface area (Å²) in [5, 5.41) is 0.804. The lowest BCUT2D eigenvalue weighted by Gasteiger charge is -2.28. The molecule has 3 nitrogen and oxygen atoms in total. The Hall–Kier alpha value is -0.620. The zero-order chi connectivity index (χ0) is 20.5. The van der Waals surface area contributed by atoms with E-state index in [1.807, 2.05) is 13.8 Å². The van der Waals surface area contributed by atoms with Crippen LogP contribution < -0.4 is 9.44 Å². The Balaban J connectivity index is 1.79. The van der Waals surface area contributed by atoms with Crippen LogP contribution in [0, 0.1) is 11.8 Å². The third-order valence-electron chi connectivity index (χ3n) is 5.39. The van der Waals surface area contributed by atoms with Crippen LogP contribution in [0.25, 0.3) is 5.57 Å². The zero-order valence-corrected chi connectivity index (χ0v) is 19.8. The molecule has 0 bridgehead atoms. The summed E-state index contributed by atoms with van der Waals surface area (Å²) in [5.41, 5.74) is 4.26. The molecule has 1 aromatic carbocycles. The maximum Gasteiger partial charge on any atom is 0.0941 e. The molecule has 2 N–H and O–H groups in total. The van der Waals surface area contributed by atoms with E-state index < -0.39 is 11.0 Å². The van der Waals surface area contributed by atoms with Crippen LogP contribution in [0.4, 0.5) is 0 Å². The highest BCUT2D eigenvalue weighted by Gasteiger charge is 2.21. The SMILES string of the molecule is CC(C)SNCCc1ccc(C2=CCC(C(C)CNS(=O)C(C)C)CC2)cc1. The first kappa shape index (κ1) is 23.7. The van der Waals surface area contributed by atoms with Crippen molar-refractivity contribution in [1.29, 1.82) is 0 Å². The maximum atomic E-state index is 11.9. The van der Waals surface area contributed by atoms with Gasteiger partial charge in [-0.2, -0.15) is 0 Å². The molecule has 1 aliphatic carbocycles. The Kier molecular flexibility index (Phi) is 10.3. The molecule has 3 atom stereocenters. The molecule has 0 amide bonds. The Labute approximate surface area is 179 Å². The van der Waals surface area contributed by atoms with E-state index in [-0.39, 0.29) is 5.25 Å². The number of hydrogen-bond acceptors (Lipinski definition) is 3. The topological polar surface area (TPSA) is 41.1 Å². The number of allylic oxidation sites excluding steroid dienone is 2. The normalized spacial score (nSPS) is 19.7.